The molecule has 0 aliphatic rings. The van der Waals surface area contributed by atoms with Crippen LogP contribution in [-0.2, 0) is 4.79 Å². The van der Waals surface area contributed by atoms with Crippen LogP contribution in [0.25, 0.3) is 0 Å². The summed E-state index contributed by atoms with van der Waals surface area (Å²) < 4.78 is 0. The molecular formula is C13H28N2O2. The van der Waals surface area contributed by atoms with Crippen LogP contribution in [0.2, 0.25) is 0 Å². The van der Waals surface area contributed by atoms with Crippen LogP contribution in [-0.4, -0.2) is 49.7 Å². The van der Waals surface area contributed by atoms with Gasteiger partial charge in [-0.1, -0.05) is 13.3 Å². The molecule has 0 aromatic rings. The normalized spacial score (nSPS) is 12.5. The monoisotopic (exact) mass is 244 g/mol. The first kappa shape index (κ1) is 16.4. The van der Waals surface area contributed by atoms with Gasteiger partial charge >= 0.3 is 0 Å². The summed E-state index contributed by atoms with van der Waals surface area (Å²) >= 11 is 0. The molecule has 2 N–H and O–H groups in total. The van der Waals surface area contributed by atoms with Crippen LogP contribution >= 0.6 is 0 Å². The van der Waals surface area contributed by atoms with Gasteiger partial charge in [0.15, 0.2) is 0 Å². The van der Waals surface area contributed by atoms with Crippen molar-refractivity contribution in [2.24, 2.45) is 5.92 Å². The van der Waals surface area contributed by atoms with E-state index in [1.807, 2.05) is 0 Å². The molecule has 0 rings (SSSR count). The summed E-state index contributed by atoms with van der Waals surface area (Å²) in [6.45, 7) is 4.27. The van der Waals surface area contributed by atoms with Crippen LogP contribution < -0.4 is 5.32 Å². The number of nitrogens with one attached hydrogen (secondary N) is 1. The van der Waals surface area contributed by atoms with Crippen LogP contribution in [0.4, 0.5) is 0 Å². The molecular weight excluding hydrogens is 216 g/mol. The summed E-state index contributed by atoms with van der Waals surface area (Å²) in [4.78, 5) is 12.9. The average molecular weight is 244 g/mol. The molecule has 0 heterocycles. The van der Waals surface area contributed by atoms with Gasteiger partial charge in [0.05, 0.1) is 0 Å². The fourth-order valence-electron chi connectivity index (χ4n) is 1.83. The van der Waals surface area contributed by atoms with E-state index in [0.29, 0.717) is 12.3 Å². The molecule has 17 heavy (non-hydrogen) atoms. The first-order valence-electron chi connectivity index (χ1n) is 6.63. The third-order valence-corrected chi connectivity index (χ3v) is 2.91. The maximum Gasteiger partial charge on any atom is 0.222 e. The van der Waals surface area contributed by atoms with E-state index in [9.17, 15) is 4.79 Å². The van der Waals surface area contributed by atoms with Crippen molar-refractivity contribution >= 4 is 5.91 Å². The quantitative estimate of drug-likeness (QED) is 0.569. The Bertz CT molecular complexity index is 190. The lowest BCUT2D eigenvalue weighted by molar-refractivity contribution is -0.128. The standard InChI is InChI=1S/C13H28N2O2/c1-4-6-12(8-10-16)11-14-9-5-7-13(17)15(2)3/h12,14,16H,4-11H2,1-3H3. The summed E-state index contributed by atoms with van der Waals surface area (Å²) in [5.74, 6) is 0.752. The van der Waals surface area contributed by atoms with Crippen molar-refractivity contribution < 1.29 is 9.90 Å². The summed E-state index contributed by atoms with van der Waals surface area (Å²) in [5.41, 5.74) is 0. The zero-order valence-electron chi connectivity index (χ0n) is 11.5. The number of nitrogens with zero attached hydrogens (tertiary/aromatic N) is 1. The summed E-state index contributed by atoms with van der Waals surface area (Å²) in [7, 11) is 3.57. The largest absolute Gasteiger partial charge is 0.396 e. The van der Waals surface area contributed by atoms with Crippen molar-refractivity contribution in [1.82, 2.24) is 10.2 Å². The summed E-state index contributed by atoms with van der Waals surface area (Å²) in [6, 6.07) is 0. The number of amides is 1. The predicted octanol–water partition coefficient (Wildman–Crippen LogP) is 1.24. The van der Waals surface area contributed by atoms with Gasteiger partial charge in [0.1, 0.15) is 0 Å². The highest BCUT2D eigenvalue weighted by molar-refractivity contribution is 5.75. The molecule has 0 radical (unpaired) electrons. The molecule has 0 spiro atoms. The highest BCUT2D eigenvalue weighted by Gasteiger charge is 2.07. The molecule has 4 heteroatoms. The number of aliphatic hydroxyl groups excluding tert-OH is 1. The maximum absolute atomic E-state index is 11.3. The van der Waals surface area contributed by atoms with E-state index >= 15 is 0 Å². The van der Waals surface area contributed by atoms with Crippen molar-refractivity contribution in [1.29, 1.82) is 0 Å². The molecule has 0 bridgehead atoms. The highest BCUT2D eigenvalue weighted by atomic mass is 16.3. The zero-order chi connectivity index (χ0) is 13.1. The molecule has 1 amide bonds. The van der Waals surface area contributed by atoms with Crippen molar-refractivity contribution in [3.8, 4) is 0 Å². The van der Waals surface area contributed by atoms with Gasteiger partial charge in [-0.2, -0.15) is 0 Å². The van der Waals surface area contributed by atoms with Gasteiger partial charge in [-0.15, -0.1) is 0 Å². The van der Waals surface area contributed by atoms with Gasteiger partial charge in [0.25, 0.3) is 0 Å². The van der Waals surface area contributed by atoms with Crippen LogP contribution in [0, 0.1) is 5.92 Å². The Morgan fingerprint density at radius 2 is 2.06 bits per heavy atom. The van der Waals surface area contributed by atoms with Gasteiger partial charge in [-0.3, -0.25) is 4.79 Å². The Kier molecular flexibility index (Phi) is 10.2. The highest BCUT2D eigenvalue weighted by Crippen LogP contribution is 2.09. The number of carbonyl (C=O) groups is 1. The molecule has 0 fully saturated rings. The van der Waals surface area contributed by atoms with Gasteiger partial charge in [0.2, 0.25) is 5.91 Å². The van der Waals surface area contributed by atoms with Crippen molar-refractivity contribution in [3.63, 3.8) is 0 Å². The van der Waals surface area contributed by atoms with E-state index in [1.54, 1.807) is 19.0 Å². The lowest BCUT2D eigenvalue weighted by Gasteiger charge is -2.16. The Morgan fingerprint density at radius 3 is 2.59 bits per heavy atom. The number of carbonyl (C=O) groups excluding carboxylic acids is 1. The molecule has 1 unspecified atom stereocenters. The lowest BCUT2D eigenvalue weighted by atomic mass is 10.0. The van der Waals surface area contributed by atoms with Crippen LogP contribution in [0.3, 0.4) is 0 Å². The lowest BCUT2D eigenvalue weighted by Crippen LogP contribution is -2.26. The van der Waals surface area contributed by atoms with Crippen LogP contribution in [0.1, 0.15) is 39.0 Å². The zero-order valence-corrected chi connectivity index (χ0v) is 11.5. The second-order valence-electron chi connectivity index (χ2n) is 4.76. The summed E-state index contributed by atoms with van der Waals surface area (Å²) in [6.07, 6.45) is 4.68. The van der Waals surface area contributed by atoms with E-state index in [-0.39, 0.29) is 12.5 Å². The van der Waals surface area contributed by atoms with Crippen molar-refractivity contribution in [2.45, 2.75) is 39.0 Å². The molecule has 1 atom stereocenters. The molecule has 0 saturated heterocycles. The first-order chi connectivity index (χ1) is 8.11. The van der Waals surface area contributed by atoms with Gasteiger partial charge in [0, 0.05) is 27.1 Å². The van der Waals surface area contributed by atoms with E-state index in [1.165, 1.54) is 0 Å². The van der Waals surface area contributed by atoms with E-state index in [4.69, 9.17) is 5.11 Å². The minimum absolute atomic E-state index is 0.187. The fraction of sp³-hybridized carbons (Fsp3) is 0.923. The van der Waals surface area contributed by atoms with E-state index in [2.05, 4.69) is 12.2 Å². The molecule has 0 aliphatic carbocycles. The number of hydrogen-bond acceptors (Lipinski definition) is 3. The Hall–Kier alpha value is -0.610. The fourth-order valence-corrected chi connectivity index (χ4v) is 1.83. The Balaban J connectivity index is 3.50. The first-order valence-corrected chi connectivity index (χ1v) is 6.63. The van der Waals surface area contributed by atoms with Crippen molar-refractivity contribution in [3.05, 3.63) is 0 Å². The molecule has 0 aromatic carbocycles. The van der Waals surface area contributed by atoms with Crippen LogP contribution in [0.15, 0.2) is 0 Å². The Morgan fingerprint density at radius 1 is 1.35 bits per heavy atom. The van der Waals surface area contributed by atoms with Gasteiger partial charge in [-0.25, -0.2) is 0 Å². The molecule has 0 saturated carbocycles. The van der Waals surface area contributed by atoms with Crippen LogP contribution in [0.5, 0.6) is 0 Å². The minimum Gasteiger partial charge on any atom is -0.396 e. The topological polar surface area (TPSA) is 52.6 Å². The predicted molar refractivity (Wildman–Crippen MR) is 70.9 cm³/mol. The SMILES string of the molecule is CCCC(CCO)CNCCCC(=O)N(C)C. The Labute approximate surface area is 105 Å². The molecule has 0 aromatic heterocycles. The van der Waals surface area contributed by atoms with E-state index < -0.39 is 0 Å². The molecule has 4 nitrogen and oxygen atoms in total. The average Bonchev–Trinajstić information content (AvgIpc) is 2.28. The minimum atomic E-state index is 0.187. The second-order valence-corrected chi connectivity index (χ2v) is 4.76. The smallest absolute Gasteiger partial charge is 0.222 e. The van der Waals surface area contributed by atoms with Gasteiger partial charge in [-0.05, 0) is 38.3 Å². The molecule has 0 aliphatic heterocycles. The second kappa shape index (κ2) is 10.5. The molecule has 102 valence electrons. The third kappa shape index (κ3) is 9.12. The number of aliphatic hydroxyl groups is 1. The summed E-state index contributed by atoms with van der Waals surface area (Å²) in [5, 5.41) is 12.3. The van der Waals surface area contributed by atoms with E-state index in [0.717, 1.165) is 38.8 Å². The number of hydrogen-bond donors (Lipinski definition) is 2. The number of rotatable bonds is 10. The maximum atomic E-state index is 11.3. The third-order valence-electron chi connectivity index (χ3n) is 2.91. The van der Waals surface area contributed by atoms with Crippen molar-refractivity contribution in [2.75, 3.05) is 33.8 Å². The van der Waals surface area contributed by atoms with Gasteiger partial charge < -0.3 is 15.3 Å².